The molecule has 0 fully saturated rings. The largest absolute Gasteiger partial charge is 0.489 e. The average molecular weight is 279 g/mol. The first-order valence-corrected chi connectivity index (χ1v) is 6.21. The highest BCUT2D eigenvalue weighted by Crippen LogP contribution is 2.22. The number of halogens is 1. The SMILES string of the molecule is CC(Oc1cccc(Cl)c1)C(NN)c1cncnc1. The highest BCUT2D eigenvalue weighted by Gasteiger charge is 2.20. The summed E-state index contributed by atoms with van der Waals surface area (Å²) in [5.41, 5.74) is 3.58. The van der Waals surface area contributed by atoms with Crippen molar-refractivity contribution in [1.82, 2.24) is 15.4 Å². The number of rotatable bonds is 5. The van der Waals surface area contributed by atoms with E-state index in [1.54, 1.807) is 24.5 Å². The fraction of sp³-hybridized carbons (Fsp3) is 0.231. The summed E-state index contributed by atoms with van der Waals surface area (Å²) >= 11 is 5.92. The first kappa shape index (κ1) is 13.7. The quantitative estimate of drug-likeness (QED) is 0.647. The van der Waals surface area contributed by atoms with Gasteiger partial charge in [0.25, 0.3) is 0 Å². The third kappa shape index (κ3) is 3.64. The van der Waals surface area contributed by atoms with E-state index < -0.39 is 0 Å². The Balaban J connectivity index is 2.11. The van der Waals surface area contributed by atoms with Crippen LogP contribution in [0.3, 0.4) is 0 Å². The fourth-order valence-electron chi connectivity index (χ4n) is 1.80. The van der Waals surface area contributed by atoms with Crippen LogP contribution < -0.4 is 16.0 Å². The summed E-state index contributed by atoms with van der Waals surface area (Å²) in [5, 5.41) is 0.630. The van der Waals surface area contributed by atoms with Crippen molar-refractivity contribution in [2.24, 2.45) is 5.84 Å². The average Bonchev–Trinajstić information content (AvgIpc) is 2.41. The van der Waals surface area contributed by atoms with Gasteiger partial charge in [-0.15, -0.1) is 0 Å². The van der Waals surface area contributed by atoms with E-state index in [4.69, 9.17) is 22.2 Å². The molecule has 100 valence electrons. The van der Waals surface area contributed by atoms with Crippen LogP contribution in [0, 0.1) is 0 Å². The summed E-state index contributed by atoms with van der Waals surface area (Å²) < 4.78 is 5.82. The molecule has 0 aliphatic heterocycles. The second kappa shape index (κ2) is 6.47. The van der Waals surface area contributed by atoms with E-state index in [2.05, 4.69) is 15.4 Å². The molecule has 0 saturated carbocycles. The molecule has 1 heterocycles. The van der Waals surface area contributed by atoms with Crippen LogP contribution in [-0.4, -0.2) is 16.1 Å². The molecular weight excluding hydrogens is 264 g/mol. The molecule has 6 heteroatoms. The zero-order valence-corrected chi connectivity index (χ0v) is 11.2. The summed E-state index contributed by atoms with van der Waals surface area (Å²) in [6, 6.07) is 7.02. The van der Waals surface area contributed by atoms with Gasteiger partial charge in [0.1, 0.15) is 18.2 Å². The Morgan fingerprint density at radius 1 is 1.32 bits per heavy atom. The molecule has 1 aromatic heterocycles. The van der Waals surface area contributed by atoms with Crippen LogP contribution in [-0.2, 0) is 0 Å². The molecule has 1 aromatic carbocycles. The summed E-state index contributed by atoms with van der Waals surface area (Å²) in [4.78, 5) is 7.95. The molecule has 2 atom stereocenters. The molecule has 0 saturated heterocycles. The lowest BCUT2D eigenvalue weighted by atomic mass is 10.1. The van der Waals surface area contributed by atoms with Gasteiger partial charge in [-0.2, -0.15) is 0 Å². The zero-order chi connectivity index (χ0) is 13.7. The predicted octanol–water partition coefficient (Wildman–Crippen LogP) is 2.10. The van der Waals surface area contributed by atoms with E-state index in [0.717, 1.165) is 5.56 Å². The lowest BCUT2D eigenvalue weighted by molar-refractivity contribution is 0.170. The number of hydrazine groups is 1. The van der Waals surface area contributed by atoms with Crippen molar-refractivity contribution < 1.29 is 4.74 Å². The van der Waals surface area contributed by atoms with Crippen LogP contribution in [0.5, 0.6) is 5.75 Å². The Morgan fingerprint density at radius 3 is 2.68 bits per heavy atom. The minimum absolute atomic E-state index is 0.200. The molecule has 0 spiro atoms. The van der Waals surface area contributed by atoms with Gasteiger partial charge >= 0.3 is 0 Å². The fourth-order valence-corrected chi connectivity index (χ4v) is 1.98. The van der Waals surface area contributed by atoms with E-state index in [-0.39, 0.29) is 12.1 Å². The van der Waals surface area contributed by atoms with Gasteiger partial charge in [0.2, 0.25) is 0 Å². The second-order valence-electron chi connectivity index (χ2n) is 4.10. The smallest absolute Gasteiger partial charge is 0.121 e. The van der Waals surface area contributed by atoms with Crippen molar-refractivity contribution in [1.29, 1.82) is 0 Å². The van der Waals surface area contributed by atoms with Gasteiger partial charge in [0.05, 0.1) is 6.04 Å². The zero-order valence-electron chi connectivity index (χ0n) is 10.5. The van der Waals surface area contributed by atoms with Gasteiger partial charge in [-0.3, -0.25) is 5.84 Å². The third-order valence-corrected chi connectivity index (χ3v) is 2.94. The Hall–Kier alpha value is -1.69. The Kier molecular flexibility index (Phi) is 4.68. The molecule has 0 aliphatic carbocycles. The van der Waals surface area contributed by atoms with Crippen LogP contribution in [0.25, 0.3) is 0 Å². The lowest BCUT2D eigenvalue weighted by Gasteiger charge is -2.24. The molecule has 0 radical (unpaired) electrons. The number of benzene rings is 1. The molecule has 2 rings (SSSR count). The molecular formula is C13H15ClN4O. The lowest BCUT2D eigenvalue weighted by Crippen LogP contribution is -2.38. The Bertz CT molecular complexity index is 523. The molecule has 0 aliphatic rings. The van der Waals surface area contributed by atoms with Gasteiger partial charge in [-0.05, 0) is 25.1 Å². The minimum atomic E-state index is -0.208. The number of aromatic nitrogens is 2. The number of nitrogens with two attached hydrogens (primary N) is 1. The van der Waals surface area contributed by atoms with E-state index >= 15 is 0 Å². The summed E-state index contributed by atoms with van der Waals surface area (Å²) in [7, 11) is 0. The predicted molar refractivity (Wildman–Crippen MR) is 73.6 cm³/mol. The Labute approximate surface area is 116 Å². The maximum absolute atomic E-state index is 5.92. The van der Waals surface area contributed by atoms with Gasteiger partial charge in [0.15, 0.2) is 0 Å². The summed E-state index contributed by atoms with van der Waals surface area (Å²) in [6.07, 6.45) is 4.68. The monoisotopic (exact) mass is 278 g/mol. The maximum Gasteiger partial charge on any atom is 0.121 e. The number of hydrogen-bond acceptors (Lipinski definition) is 5. The van der Waals surface area contributed by atoms with Crippen LogP contribution in [0.15, 0.2) is 43.0 Å². The van der Waals surface area contributed by atoms with Gasteiger partial charge < -0.3 is 4.74 Å². The highest BCUT2D eigenvalue weighted by molar-refractivity contribution is 6.30. The first-order chi connectivity index (χ1) is 9.20. The van der Waals surface area contributed by atoms with Crippen molar-refractivity contribution in [2.45, 2.75) is 19.1 Å². The van der Waals surface area contributed by atoms with Crippen LogP contribution in [0.4, 0.5) is 0 Å². The number of nitrogens with zero attached hydrogens (tertiary/aromatic N) is 2. The molecule has 0 amide bonds. The number of hydrogen-bond donors (Lipinski definition) is 2. The van der Waals surface area contributed by atoms with Crippen LogP contribution >= 0.6 is 11.6 Å². The summed E-state index contributed by atoms with van der Waals surface area (Å²) in [5.74, 6) is 6.27. The van der Waals surface area contributed by atoms with Crippen molar-refractivity contribution >= 4 is 11.6 Å². The van der Waals surface area contributed by atoms with Gasteiger partial charge in [-0.1, -0.05) is 17.7 Å². The van der Waals surface area contributed by atoms with Crippen molar-refractivity contribution in [3.63, 3.8) is 0 Å². The third-order valence-electron chi connectivity index (χ3n) is 2.71. The van der Waals surface area contributed by atoms with Crippen molar-refractivity contribution in [3.8, 4) is 5.75 Å². The Morgan fingerprint density at radius 2 is 2.05 bits per heavy atom. The second-order valence-corrected chi connectivity index (χ2v) is 4.53. The highest BCUT2D eigenvalue weighted by atomic mass is 35.5. The van der Waals surface area contributed by atoms with Crippen molar-refractivity contribution in [2.75, 3.05) is 0 Å². The van der Waals surface area contributed by atoms with Crippen LogP contribution in [0.1, 0.15) is 18.5 Å². The topological polar surface area (TPSA) is 73.1 Å². The van der Waals surface area contributed by atoms with Gasteiger partial charge in [0, 0.05) is 23.0 Å². The van der Waals surface area contributed by atoms with E-state index in [1.165, 1.54) is 6.33 Å². The van der Waals surface area contributed by atoms with Crippen LogP contribution in [0.2, 0.25) is 5.02 Å². The molecule has 2 unspecified atom stereocenters. The molecule has 19 heavy (non-hydrogen) atoms. The van der Waals surface area contributed by atoms with Gasteiger partial charge in [-0.25, -0.2) is 15.4 Å². The van der Waals surface area contributed by atoms with E-state index in [1.807, 2.05) is 19.1 Å². The molecule has 3 N–H and O–H groups in total. The summed E-state index contributed by atoms with van der Waals surface area (Å²) in [6.45, 7) is 1.92. The standard InChI is InChI=1S/C13H15ClN4O/c1-9(19-12-4-2-3-11(14)5-12)13(18-15)10-6-16-8-17-7-10/h2-9,13,18H,15H2,1H3. The van der Waals surface area contributed by atoms with E-state index in [9.17, 15) is 0 Å². The molecule has 0 bridgehead atoms. The molecule has 5 nitrogen and oxygen atoms in total. The molecule has 2 aromatic rings. The maximum atomic E-state index is 5.92. The number of ether oxygens (including phenoxy) is 1. The number of nitrogens with one attached hydrogen (secondary N) is 1. The minimum Gasteiger partial charge on any atom is -0.489 e. The van der Waals surface area contributed by atoms with Crippen molar-refractivity contribution in [3.05, 3.63) is 53.6 Å². The first-order valence-electron chi connectivity index (χ1n) is 5.84. The van der Waals surface area contributed by atoms with E-state index in [0.29, 0.717) is 10.8 Å². The normalized spacial score (nSPS) is 13.8.